The Balaban J connectivity index is 2.27. The summed E-state index contributed by atoms with van der Waals surface area (Å²) in [7, 11) is 0. The molecule has 4 nitrogen and oxygen atoms in total. The Morgan fingerprint density at radius 1 is 1.21 bits per heavy atom. The van der Waals surface area contributed by atoms with Crippen molar-refractivity contribution in [2.45, 2.75) is 33.2 Å². The highest BCUT2D eigenvalue weighted by Gasteiger charge is 2.06. The van der Waals surface area contributed by atoms with Crippen molar-refractivity contribution in [2.24, 2.45) is 5.73 Å². The Kier molecular flexibility index (Phi) is 4.12. The van der Waals surface area contributed by atoms with E-state index in [1.54, 1.807) is 0 Å². The van der Waals surface area contributed by atoms with Crippen molar-refractivity contribution in [3.63, 3.8) is 0 Å². The molecule has 4 heteroatoms. The zero-order valence-corrected chi connectivity index (χ0v) is 11.6. The number of nitrogens with two attached hydrogens (primary N) is 1. The maximum Gasteiger partial charge on any atom is 0.134 e. The summed E-state index contributed by atoms with van der Waals surface area (Å²) in [6, 6.07) is 9.98. The summed E-state index contributed by atoms with van der Waals surface area (Å²) in [6.07, 6.45) is 0. The van der Waals surface area contributed by atoms with Crippen LogP contribution in [0.5, 0.6) is 0 Å². The molecule has 3 N–H and O–H groups in total. The Bertz CT molecular complexity index is 564. The van der Waals surface area contributed by atoms with E-state index in [4.69, 9.17) is 5.73 Å². The van der Waals surface area contributed by atoms with Gasteiger partial charge in [-0.25, -0.2) is 9.97 Å². The van der Waals surface area contributed by atoms with Crippen molar-refractivity contribution < 1.29 is 0 Å². The molecule has 0 aliphatic heterocycles. The first-order valence-corrected chi connectivity index (χ1v) is 6.50. The van der Waals surface area contributed by atoms with Crippen molar-refractivity contribution in [1.29, 1.82) is 0 Å². The molecule has 0 saturated heterocycles. The molecule has 0 radical (unpaired) electrons. The van der Waals surface area contributed by atoms with E-state index in [1.807, 2.05) is 37.3 Å². The number of nitrogens with zero attached hydrogens (tertiary/aromatic N) is 2. The summed E-state index contributed by atoms with van der Waals surface area (Å²) < 4.78 is 0. The fraction of sp³-hybridized carbons (Fsp3) is 0.333. The van der Waals surface area contributed by atoms with Gasteiger partial charge in [-0.05, 0) is 24.6 Å². The third-order valence-corrected chi connectivity index (χ3v) is 2.82. The minimum atomic E-state index is 0.316. The van der Waals surface area contributed by atoms with Gasteiger partial charge in [0, 0.05) is 29.9 Å². The summed E-state index contributed by atoms with van der Waals surface area (Å²) in [6.45, 7) is 6.70. The van der Waals surface area contributed by atoms with Crippen molar-refractivity contribution in [3.8, 4) is 0 Å². The number of aromatic nitrogens is 2. The summed E-state index contributed by atoms with van der Waals surface area (Å²) in [4.78, 5) is 8.97. The largest absolute Gasteiger partial charge is 0.340 e. The van der Waals surface area contributed by atoms with Crippen molar-refractivity contribution in [2.75, 3.05) is 5.32 Å². The van der Waals surface area contributed by atoms with Crippen LogP contribution in [0.15, 0.2) is 30.3 Å². The predicted octanol–water partition coefficient (Wildman–Crippen LogP) is 3.11. The van der Waals surface area contributed by atoms with Gasteiger partial charge < -0.3 is 11.1 Å². The summed E-state index contributed by atoms with van der Waals surface area (Å²) in [5.74, 6) is 2.00. The van der Waals surface area contributed by atoms with Crippen LogP contribution in [0.1, 0.15) is 36.8 Å². The lowest BCUT2D eigenvalue weighted by atomic mass is 10.2. The van der Waals surface area contributed by atoms with E-state index < -0.39 is 0 Å². The number of nitrogens with one attached hydrogen (secondary N) is 1. The van der Waals surface area contributed by atoms with Crippen LogP contribution < -0.4 is 11.1 Å². The molecule has 0 amide bonds. The highest BCUT2D eigenvalue weighted by Crippen LogP contribution is 2.19. The van der Waals surface area contributed by atoms with Crippen LogP contribution in [0.3, 0.4) is 0 Å². The van der Waals surface area contributed by atoms with E-state index in [9.17, 15) is 0 Å². The van der Waals surface area contributed by atoms with Gasteiger partial charge in [-0.2, -0.15) is 0 Å². The van der Waals surface area contributed by atoms with Crippen LogP contribution in [0.4, 0.5) is 11.5 Å². The van der Waals surface area contributed by atoms with Gasteiger partial charge in [0.25, 0.3) is 0 Å². The van der Waals surface area contributed by atoms with Crippen LogP contribution in [-0.2, 0) is 6.54 Å². The van der Waals surface area contributed by atoms with Crippen LogP contribution in [0.2, 0.25) is 0 Å². The lowest BCUT2D eigenvalue weighted by molar-refractivity contribution is 0.768. The van der Waals surface area contributed by atoms with Crippen molar-refractivity contribution in [3.05, 3.63) is 47.4 Å². The number of hydrogen-bond acceptors (Lipinski definition) is 4. The molecule has 0 unspecified atom stereocenters. The normalized spacial score (nSPS) is 10.8. The van der Waals surface area contributed by atoms with Gasteiger partial charge in [0.1, 0.15) is 11.6 Å². The second-order valence-electron chi connectivity index (χ2n) is 4.94. The van der Waals surface area contributed by atoms with Crippen molar-refractivity contribution >= 4 is 11.5 Å². The molecule has 0 fully saturated rings. The number of anilines is 2. The van der Waals surface area contributed by atoms with Gasteiger partial charge >= 0.3 is 0 Å². The van der Waals surface area contributed by atoms with Crippen LogP contribution in [0, 0.1) is 6.92 Å². The van der Waals surface area contributed by atoms with Crippen LogP contribution in [-0.4, -0.2) is 9.97 Å². The summed E-state index contributed by atoms with van der Waals surface area (Å²) in [5.41, 5.74) is 8.71. The first-order chi connectivity index (χ1) is 9.08. The van der Waals surface area contributed by atoms with Gasteiger partial charge in [-0.15, -0.1) is 0 Å². The number of benzene rings is 1. The quantitative estimate of drug-likeness (QED) is 0.882. The summed E-state index contributed by atoms with van der Waals surface area (Å²) in [5, 5.41) is 3.31. The predicted molar refractivity (Wildman–Crippen MR) is 78.5 cm³/mol. The van der Waals surface area contributed by atoms with E-state index in [0.717, 1.165) is 28.6 Å². The van der Waals surface area contributed by atoms with E-state index in [2.05, 4.69) is 29.1 Å². The molecule has 0 atom stereocenters. The van der Waals surface area contributed by atoms with Gasteiger partial charge in [0.2, 0.25) is 0 Å². The molecule has 0 aliphatic carbocycles. The van der Waals surface area contributed by atoms with Crippen LogP contribution in [0.25, 0.3) is 0 Å². The molecular weight excluding hydrogens is 236 g/mol. The van der Waals surface area contributed by atoms with Gasteiger partial charge in [-0.1, -0.05) is 26.0 Å². The highest BCUT2D eigenvalue weighted by atomic mass is 15.0. The number of hydrogen-bond donors (Lipinski definition) is 2. The molecule has 19 heavy (non-hydrogen) atoms. The Labute approximate surface area is 114 Å². The fourth-order valence-corrected chi connectivity index (χ4v) is 1.84. The van der Waals surface area contributed by atoms with E-state index in [-0.39, 0.29) is 0 Å². The molecular formula is C15H20N4. The number of rotatable bonds is 4. The smallest absolute Gasteiger partial charge is 0.134 e. The van der Waals surface area contributed by atoms with Crippen LogP contribution >= 0.6 is 0 Å². The van der Waals surface area contributed by atoms with E-state index >= 15 is 0 Å². The Hall–Kier alpha value is -1.94. The lowest BCUT2D eigenvalue weighted by Gasteiger charge is -2.11. The zero-order chi connectivity index (χ0) is 13.8. The maximum absolute atomic E-state index is 5.65. The molecule has 100 valence electrons. The third-order valence-electron chi connectivity index (χ3n) is 2.82. The van der Waals surface area contributed by atoms with Gasteiger partial charge in [0.05, 0.1) is 0 Å². The molecule has 1 aromatic heterocycles. The fourth-order valence-electron chi connectivity index (χ4n) is 1.84. The minimum Gasteiger partial charge on any atom is -0.340 e. The average Bonchev–Trinajstić information content (AvgIpc) is 2.38. The Morgan fingerprint density at radius 2 is 2.00 bits per heavy atom. The highest BCUT2D eigenvalue weighted by molar-refractivity contribution is 5.57. The summed E-state index contributed by atoms with van der Waals surface area (Å²) >= 11 is 0. The zero-order valence-electron chi connectivity index (χ0n) is 11.6. The molecule has 0 aliphatic rings. The van der Waals surface area contributed by atoms with Gasteiger partial charge in [0.15, 0.2) is 0 Å². The lowest BCUT2D eigenvalue weighted by Crippen LogP contribution is -2.04. The maximum atomic E-state index is 5.65. The number of aryl methyl sites for hydroxylation is 1. The standard InChI is InChI=1S/C15H20N4/c1-10(2)15-17-11(3)7-14(19-15)18-13-6-4-5-12(8-13)9-16/h4-8,10H,9,16H2,1-3H3,(H,17,18,19). The molecule has 2 aromatic rings. The molecule has 0 bridgehead atoms. The topological polar surface area (TPSA) is 63.8 Å². The first kappa shape index (κ1) is 13.5. The minimum absolute atomic E-state index is 0.316. The van der Waals surface area contributed by atoms with Crippen molar-refractivity contribution in [1.82, 2.24) is 9.97 Å². The van der Waals surface area contributed by atoms with E-state index in [0.29, 0.717) is 12.5 Å². The first-order valence-electron chi connectivity index (χ1n) is 6.50. The molecule has 0 saturated carbocycles. The second kappa shape index (κ2) is 5.80. The SMILES string of the molecule is Cc1cc(Nc2cccc(CN)c2)nc(C(C)C)n1. The Morgan fingerprint density at radius 3 is 2.68 bits per heavy atom. The second-order valence-corrected chi connectivity index (χ2v) is 4.94. The van der Waals surface area contributed by atoms with E-state index in [1.165, 1.54) is 0 Å². The molecule has 2 rings (SSSR count). The van der Waals surface area contributed by atoms with Gasteiger partial charge in [-0.3, -0.25) is 0 Å². The molecule has 1 aromatic carbocycles. The molecule has 0 spiro atoms. The molecule has 1 heterocycles. The average molecular weight is 256 g/mol. The monoisotopic (exact) mass is 256 g/mol. The third kappa shape index (κ3) is 3.51.